The van der Waals surface area contributed by atoms with Crippen LogP contribution in [-0.4, -0.2) is 21.3 Å². The molecule has 0 aliphatic rings. The Morgan fingerprint density at radius 2 is 1.83 bits per heavy atom. The fraction of sp³-hybridized carbons (Fsp3) is 0.263. The van der Waals surface area contributed by atoms with Gasteiger partial charge in [0, 0.05) is 18.4 Å². The Balaban J connectivity index is 2.03. The van der Waals surface area contributed by atoms with Gasteiger partial charge in [-0.3, -0.25) is 9.36 Å². The lowest BCUT2D eigenvalue weighted by Crippen LogP contribution is -2.24. The second-order valence-corrected chi connectivity index (χ2v) is 6.92. The van der Waals surface area contributed by atoms with E-state index in [0.717, 1.165) is 0 Å². The van der Waals surface area contributed by atoms with Crippen LogP contribution in [0.4, 0.5) is 0 Å². The number of hydrogen-bond donors (Lipinski definition) is 1. The van der Waals surface area contributed by atoms with Crippen LogP contribution in [0, 0.1) is 0 Å². The molecule has 3 aromatic rings. The standard InChI is InChI=1S/C19H20N2O2S/c1-14(15-8-3-2-4-9-15)24-19-20-17-11-6-5-10-16(17)18(23)21(19)12-7-13-22/h2-6,8-11,14,22H,7,12-13H2,1H3. The molecule has 0 radical (unpaired) electrons. The van der Waals surface area contributed by atoms with E-state index in [1.54, 1.807) is 22.4 Å². The normalized spacial score (nSPS) is 12.4. The van der Waals surface area contributed by atoms with Gasteiger partial charge in [-0.2, -0.15) is 0 Å². The number of rotatable bonds is 6. The SMILES string of the molecule is CC(Sc1nc2ccccc2c(=O)n1CCCO)c1ccccc1. The van der Waals surface area contributed by atoms with E-state index < -0.39 is 0 Å². The van der Waals surface area contributed by atoms with Crippen LogP contribution in [0.5, 0.6) is 0 Å². The number of para-hydroxylation sites is 1. The van der Waals surface area contributed by atoms with E-state index in [-0.39, 0.29) is 17.4 Å². The number of aliphatic hydroxyl groups is 1. The molecule has 0 bridgehead atoms. The molecule has 5 heteroatoms. The van der Waals surface area contributed by atoms with Crippen LogP contribution in [0.2, 0.25) is 0 Å². The molecule has 2 aromatic carbocycles. The zero-order valence-electron chi connectivity index (χ0n) is 13.6. The lowest BCUT2D eigenvalue weighted by molar-refractivity contribution is 0.276. The van der Waals surface area contributed by atoms with E-state index in [0.29, 0.717) is 29.0 Å². The zero-order chi connectivity index (χ0) is 16.9. The van der Waals surface area contributed by atoms with Gasteiger partial charge in [0.1, 0.15) is 0 Å². The first kappa shape index (κ1) is 16.7. The predicted octanol–water partition coefficient (Wildman–Crippen LogP) is 3.63. The summed E-state index contributed by atoms with van der Waals surface area (Å²) in [6, 6.07) is 17.6. The maximum absolute atomic E-state index is 12.8. The fourth-order valence-electron chi connectivity index (χ4n) is 2.61. The molecule has 0 aliphatic heterocycles. The highest BCUT2D eigenvalue weighted by molar-refractivity contribution is 7.99. The highest BCUT2D eigenvalue weighted by atomic mass is 32.2. The number of nitrogens with zero attached hydrogens (tertiary/aromatic N) is 2. The van der Waals surface area contributed by atoms with Gasteiger partial charge in [-0.05, 0) is 31.0 Å². The highest BCUT2D eigenvalue weighted by Gasteiger charge is 2.15. The van der Waals surface area contributed by atoms with Gasteiger partial charge in [0.05, 0.1) is 10.9 Å². The van der Waals surface area contributed by atoms with Crippen molar-refractivity contribution < 1.29 is 5.11 Å². The Labute approximate surface area is 145 Å². The minimum absolute atomic E-state index is 0.0446. The lowest BCUT2D eigenvalue weighted by Gasteiger charge is -2.16. The van der Waals surface area contributed by atoms with Gasteiger partial charge in [-0.1, -0.05) is 54.2 Å². The largest absolute Gasteiger partial charge is 0.396 e. The summed E-state index contributed by atoms with van der Waals surface area (Å²) in [5.41, 5.74) is 1.86. The molecule has 0 saturated carbocycles. The predicted molar refractivity (Wildman–Crippen MR) is 98.4 cm³/mol. The zero-order valence-corrected chi connectivity index (χ0v) is 14.4. The molecule has 1 atom stereocenters. The van der Waals surface area contributed by atoms with E-state index >= 15 is 0 Å². The maximum Gasteiger partial charge on any atom is 0.262 e. The van der Waals surface area contributed by atoms with E-state index in [1.165, 1.54) is 5.56 Å². The number of benzene rings is 2. The average Bonchev–Trinajstić information content (AvgIpc) is 2.62. The Morgan fingerprint density at radius 3 is 2.58 bits per heavy atom. The molecular formula is C19H20N2O2S. The molecule has 0 spiro atoms. The van der Waals surface area contributed by atoms with Crippen LogP contribution in [0.15, 0.2) is 64.5 Å². The third-order valence-electron chi connectivity index (χ3n) is 3.92. The minimum atomic E-state index is -0.0446. The summed E-state index contributed by atoms with van der Waals surface area (Å²) >= 11 is 1.57. The molecule has 0 aliphatic carbocycles. The van der Waals surface area contributed by atoms with Crippen molar-refractivity contribution in [3.05, 3.63) is 70.5 Å². The van der Waals surface area contributed by atoms with Gasteiger partial charge in [0.15, 0.2) is 5.16 Å². The lowest BCUT2D eigenvalue weighted by atomic mass is 10.2. The Morgan fingerprint density at radius 1 is 1.12 bits per heavy atom. The quantitative estimate of drug-likeness (QED) is 0.550. The second-order valence-electron chi connectivity index (χ2n) is 5.62. The summed E-state index contributed by atoms with van der Waals surface area (Å²) in [5.74, 6) is 0. The molecule has 1 N–H and O–H groups in total. The Kier molecular flexibility index (Phi) is 5.33. The summed E-state index contributed by atoms with van der Waals surface area (Å²) in [5, 5.41) is 10.6. The Bertz CT molecular complexity index is 877. The molecule has 124 valence electrons. The van der Waals surface area contributed by atoms with Crippen LogP contribution in [0.1, 0.15) is 24.2 Å². The first-order valence-electron chi connectivity index (χ1n) is 8.02. The molecule has 4 nitrogen and oxygen atoms in total. The summed E-state index contributed by atoms with van der Waals surface area (Å²) < 4.78 is 1.68. The van der Waals surface area contributed by atoms with E-state index in [9.17, 15) is 4.79 Å². The van der Waals surface area contributed by atoms with Crippen molar-refractivity contribution in [1.82, 2.24) is 9.55 Å². The first-order chi connectivity index (χ1) is 11.7. The molecule has 1 unspecified atom stereocenters. The maximum atomic E-state index is 12.8. The van der Waals surface area contributed by atoms with Crippen molar-refractivity contribution in [2.45, 2.75) is 30.3 Å². The molecule has 1 heterocycles. The smallest absolute Gasteiger partial charge is 0.262 e. The molecule has 3 rings (SSSR count). The van der Waals surface area contributed by atoms with Gasteiger partial charge in [0.25, 0.3) is 5.56 Å². The molecule has 24 heavy (non-hydrogen) atoms. The molecular weight excluding hydrogens is 320 g/mol. The summed E-state index contributed by atoms with van der Waals surface area (Å²) in [7, 11) is 0. The number of aromatic nitrogens is 2. The van der Waals surface area contributed by atoms with Gasteiger partial charge >= 0.3 is 0 Å². The number of thioether (sulfide) groups is 1. The number of fused-ring (bicyclic) bond motifs is 1. The summed E-state index contributed by atoms with van der Waals surface area (Å²) in [4.78, 5) is 17.5. The molecule has 0 saturated heterocycles. The van der Waals surface area contributed by atoms with Crippen molar-refractivity contribution in [1.29, 1.82) is 0 Å². The monoisotopic (exact) mass is 340 g/mol. The van der Waals surface area contributed by atoms with Crippen LogP contribution < -0.4 is 5.56 Å². The molecule has 0 amide bonds. The van der Waals surface area contributed by atoms with Crippen molar-refractivity contribution in [3.8, 4) is 0 Å². The van der Waals surface area contributed by atoms with Gasteiger partial charge in [0.2, 0.25) is 0 Å². The second kappa shape index (κ2) is 7.64. The Hall–Kier alpha value is -2.11. The average molecular weight is 340 g/mol. The van der Waals surface area contributed by atoms with Gasteiger partial charge in [-0.15, -0.1) is 0 Å². The van der Waals surface area contributed by atoms with Crippen molar-refractivity contribution >= 4 is 22.7 Å². The fourth-order valence-corrected chi connectivity index (χ4v) is 3.68. The molecule has 0 fully saturated rings. The van der Waals surface area contributed by atoms with E-state index in [2.05, 4.69) is 19.1 Å². The van der Waals surface area contributed by atoms with Gasteiger partial charge in [-0.25, -0.2) is 4.98 Å². The first-order valence-corrected chi connectivity index (χ1v) is 8.90. The van der Waals surface area contributed by atoms with Crippen molar-refractivity contribution in [2.75, 3.05) is 6.61 Å². The third-order valence-corrected chi connectivity index (χ3v) is 5.07. The minimum Gasteiger partial charge on any atom is -0.396 e. The summed E-state index contributed by atoms with van der Waals surface area (Å²) in [6.07, 6.45) is 0.535. The van der Waals surface area contributed by atoms with Crippen LogP contribution >= 0.6 is 11.8 Å². The van der Waals surface area contributed by atoms with Crippen LogP contribution in [0.25, 0.3) is 10.9 Å². The number of aliphatic hydroxyl groups excluding tert-OH is 1. The van der Waals surface area contributed by atoms with E-state index in [4.69, 9.17) is 10.1 Å². The topological polar surface area (TPSA) is 55.1 Å². The van der Waals surface area contributed by atoms with Crippen LogP contribution in [0.3, 0.4) is 0 Å². The van der Waals surface area contributed by atoms with Crippen molar-refractivity contribution in [2.24, 2.45) is 0 Å². The third kappa shape index (κ3) is 3.52. The summed E-state index contributed by atoms with van der Waals surface area (Å²) in [6.45, 7) is 2.63. The highest BCUT2D eigenvalue weighted by Crippen LogP contribution is 2.33. The van der Waals surface area contributed by atoms with Crippen molar-refractivity contribution in [3.63, 3.8) is 0 Å². The number of hydrogen-bond acceptors (Lipinski definition) is 4. The van der Waals surface area contributed by atoms with E-state index in [1.807, 2.05) is 36.4 Å². The van der Waals surface area contributed by atoms with Crippen LogP contribution in [-0.2, 0) is 6.54 Å². The molecule has 1 aromatic heterocycles. The van der Waals surface area contributed by atoms with Gasteiger partial charge < -0.3 is 5.11 Å².